The summed E-state index contributed by atoms with van der Waals surface area (Å²) in [5.41, 5.74) is 1.76. The number of aliphatic hydroxyl groups excluding tert-OH is 1. The zero-order chi connectivity index (χ0) is 31.0. The highest BCUT2D eigenvalue weighted by molar-refractivity contribution is 7.09. The van der Waals surface area contributed by atoms with Crippen molar-refractivity contribution >= 4 is 23.2 Å². The average molecular weight is 611 g/mol. The van der Waals surface area contributed by atoms with Gasteiger partial charge in [0.25, 0.3) is 11.8 Å². The molecule has 2 aromatic carbocycles. The van der Waals surface area contributed by atoms with Crippen LogP contribution in [0.4, 0.5) is 8.78 Å². The summed E-state index contributed by atoms with van der Waals surface area (Å²) in [4.78, 5) is 31.9. The number of halogens is 2. The lowest BCUT2D eigenvalue weighted by Crippen LogP contribution is -2.53. The number of methoxy groups -OCH3 is 1. The maximum absolute atomic E-state index is 15.7. The van der Waals surface area contributed by atoms with E-state index in [9.17, 15) is 14.7 Å². The van der Waals surface area contributed by atoms with Crippen LogP contribution < -0.4 is 15.4 Å². The third-order valence-corrected chi connectivity index (χ3v) is 8.07. The van der Waals surface area contributed by atoms with Gasteiger partial charge in [-0.05, 0) is 42.7 Å². The van der Waals surface area contributed by atoms with Crippen molar-refractivity contribution in [2.24, 2.45) is 5.92 Å². The molecule has 11 heteroatoms. The van der Waals surface area contributed by atoms with Crippen LogP contribution in [0.3, 0.4) is 0 Å². The number of ether oxygens (including phenoxy) is 1. The molecule has 4 rings (SSSR count). The number of nitrogens with zero attached hydrogens (tertiary/aromatic N) is 2. The fourth-order valence-corrected chi connectivity index (χ4v) is 5.62. The Morgan fingerprint density at radius 3 is 2.60 bits per heavy atom. The van der Waals surface area contributed by atoms with Crippen molar-refractivity contribution in [3.8, 4) is 5.75 Å². The van der Waals surface area contributed by atoms with Gasteiger partial charge in [-0.3, -0.25) is 9.59 Å². The van der Waals surface area contributed by atoms with Crippen LogP contribution in [0.15, 0.2) is 83.8 Å². The molecular weight excluding hydrogens is 574 g/mol. The quantitative estimate of drug-likeness (QED) is 0.270. The summed E-state index contributed by atoms with van der Waals surface area (Å²) in [6, 6.07) is 15.7. The summed E-state index contributed by atoms with van der Waals surface area (Å²) >= 11 is 1.34. The van der Waals surface area contributed by atoms with Gasteiger partial charge in [-0.25, -0.2) is 4.98 Å². The minimum Gasteiger partial charge on any atom is -0.497 e. The first-order chi connectivity index (χ1) is 20.6. The van der Waals surface area contributed by atoms with Crippen LogP contribution in [0, 0.1) is 12.8 Å². The molecule has 0 aliphatic heterocycles. The van der Waals surface area contributed by atoms with E-state index in [4.69, 9.17) is 4.74 Å². The van der Waals surface area contributed by atoms with Crippen LogP contribution >= 0.6 is 11.3 Å². The van der Waals surface area contributed by atoms with Crippen molar-refractivity contribution in [3.63, 3.8) is 0 Å². The van der Waals surface area contributed by atoms with Crippen molar-refractivity contribution in [2.75, 3.05) is 20.7 Å². The predicted octanol–water partition coefficient (Wildman–Crippen LogP) is 4.04. The number of aromatic nitrogens is 1. The molecule has 3 aromatic rings. The van der Waals surface area contributed by atoms with Crippen LogP contribution in [0.5, 0.6) is 5.75 Å². The van der Waals surface area contributed by atoms with E-state index in [1.54, 1.807) is 7.11 Å². The fraction of sp³-hybridized carbons (Fsp3) is 0.344. The Morgan fingerprint density at radius 2 is 1.91 bits per heavy atom. The number of aryl methyl sites for hydroxylation is 1. The first-order valence-electron chi connectivity index (χ1n) is 13.9. The fourth-order valence-electron chi connectivity index (χ4n) is 4.80. The SMILES string of the molecule is COc1cccc(CNC[C@@H](O)[C@H](Cc2ccccc2)NC(=O)C2C=CC=C(C(=O)N(C)Cc3nc(C)cs3)C2(F)F)c1. The van der Waals surface area contributed by atoms with E-state index in [0.29, 0.717) is 17.3 Å². The third kappa shape index (κ3) is 8.34. The molecule has 8 nitrogen and oxygen atoms in total. The molecule has 1 aliphatic rings. The molecule has 2 amide bonds. The van der Waals surface area contributed by atoms with Crippen molar-refractivity contribution in [2.45, 2.75) is 44.5 Å². The number of aliphatic hydroxyl groups is 1. The van der Waals surface area contributed by atoms with Crippen molar-refractivity contribution in [1.82, 2.24) is 20.5 Å². The summed E-state index contributed by atoms with van der Waals surface area (Å²) < 4.78 is 36.7. The van der Waals surface area contributed by atoms with E-state index in [2.05, 4.69) is 15.6 Å². The number of carbonyl (C=O) groups is 2. The molecule has 0 saturated heterocycles. The molecule has 228 valence electrons. The number of carbonyl (C=O) groups excluding carboxylic acids is 2. The second-order valence-corrected chi connectivity index (χ2v) is 11.4. The monoisotopic (exact) mass is 610 g/mol. The van der Waals surface area contributed by atoms with Crippen molar-refractivity contribution in [1.29, 1.82) is 0 Å². The van der Waals surface area contributed by atoms with E-state index >= 15 is 8.78 Å². The number of hydrogen-bond acceptors (Lipinski definition) is 7. The number of alkyl halides is 2. The Hall–Kier alpha value is -3.93. The maximum Gasteiger partial charge on any atom is 0.293 e. The van der Waals surface area contributed by atoms with Gasteiger partial charge in [-0.2, -0.15) is 8.78 Å². The molecule has 0 fully saturated rings. The molecule has 3 N–H and O–H groups in total. The molecule has 1 heterocycles. The number of likely N-dealkylation sites (N-methyl/N-ethyl adjacent to an activating group) is 1. The number of rotatable bonds is 13. The van der Waals surface area contributed by atoms with E-state index in [-0.39, 0.29) is 19.5 Å². The van der Waals surface area contributed by atoms with Crippen molar-refractivity contribution < 1.29 is 28.2 Å². The average Bonchev–Trinajstić information content (AvgIpc) is 3.40. The van der Waals surface area contributed by atoms with Gasteiger partial charge in [0.1, 0.15) is 16.7 Å². The van der Waals surface area contributed by atoms with Gasteiger partial charge >= 0.3 is 0 Å². The van der Waals surface area contributed by atoms with Crippen molar-refractivity contribution in [3.05, 3.63) is 106 Å². The molecule has 1 aliphatic carbocycles. The largest absolute Gasteiger partial charge is 0.497 e. The van der Waals surface area contributed by atoms with Crippen LogP contribution in [-0.4, -0.2) is 65.6 Å². The Morgan fingerprint density at radius 1 is 1.16 bits per heavy atom. The number of allylic oxidation sites excluding steroid dienone is 2. The highest BCUT2D eigenvalue weighted by Crippen LogP contribution is 2.38. The number of thiazole rings is 1. The van der Waals surface area contributed by atoms with E-state index < -0.39 is 41.4 Å². The standard InChI is InChI=1S/C32H36F2N4O4S/c1-21-20-43-29(36-21)19-38(2)31(41)26-14-8-13-25(32(26,33)34)30(40)37-27(16-22-9-5-4-6-10-22)28(39)18-35-17-23-11-7-12-24(15-23)42-3/h4-15,20,25,27-28,35,39H,16-19H2,1-3H3,(H,37,40)/t25?,27-,28+/m0/s1. The Labute approximate surface area is 254 Å². The highest BCUT2D eigenvalue weighted by Gasteiger charge is 2.51. The van der Waals surface area contributed by atoms with Crippen LogP contribution in [0.2, 0.25) is 0 Å². The lowest BCUT2D eigenvalue weighted by molar-refractivity contribution is -0.138. The molecule has 1 aromatic heterocycles. The van der Waals surface area contributed by atoms with E-state index in [1.807, 2.05) is 66.9 Å². The Kier molecular flexibility index (Phi) is 10.8. The topological polar surface area (TPSA) is 104 Å². The normalized spacial score (nSPS) is 17.1. The lowest BCUT2D eigenvalue weighted by atomic mass is 9.87. The second-order valence-electron chi connectivity index (χ2n) is 10.5. The molecule has 0 bridgehead atoms. The van der Waals surface area contributed by atoms with E-state index in [1.165, 1.54) is 29.4 Å². The van der Waals surface area contributed by atoms with Gasteiger partial charge in [0.2, 0.25) is 5.91 Å². The van der Waals surface area contributed by atoms with Crippen LogP contribution in [0.25, 0.3) is 0 Å². The van der Waals surface area contributed by atoms with Gasteiger partial charge < -0.3 is 25.4 Å². The molecule has 0 saturated carbocycles. The van der Waals surface area contributed by atoms with Gasteiger partial charge in [-0.15, -0.1) is 11.3 Å². The smallest absolute Gasteiger partial charge is 0.293 e. The number of amides is 2. The second kappa shape index (κ2) is 14.5. The van der Waals surface area contributed by atoms with E-state index in [0.717, 1.165) is 29.0 Å². The molecule has 1 unspecified atom stereocenters. The summed E-state index contributed by atoms with van der Waals surface area (Å²) in [6.07, 6.45) is 2.56. The summed E-state index contributed by atoms with van der Waals surface area (Å²) in [5, 5.41) is 19.3. The summed E-state index contributed by atoms with van der Waals surface area (Å²) in [7, 11) is 3.00. The highest BCUT2D eigenvalue weighted by atomic mass is 32.1. The molecule has 3 atom stereocenters. The van der Waals surface area contributed by atoms with Gasteiger partial charge in [0, 0.05) is 31.2 Å². The van der Waals surface area contributed by atoms with Crippen LogP contribution in [-0.2, 0) is 29.1 Å². The summed E-state index contributed by atoms with van der Waals surface area (Å²) in [6.45, 7) is 2.40. The van der Waals surface area contributed by atoms with Gasteiger partial charge in [0.05, 0.1) is 31.4 Å². The minimum atomic E-state index is -3.77. The third-order valence-electron chi connectivity index (χ3n) is 7.12. The van der Waals surface area contributed by atoms with Gasteiger partial charge in [0.15, 0.2) is 0 Å². The predicted molar refractivity (Wildman–Crippen MR) is 162 cm³/mol. The minimum absolute atomic E-state index is 0.0689. The number of nitrogens with one attached hydrogen (secondary N) is 2. The number of benzene rings is 2. The maximum atomic E-state index is 15.7. The zero-order valence-electron chi connectivity index (χ0n) is 24.3. The summed E-state index contributed by atoms with van der Waals surface area (Å²) in [5.74, 6) is -6.86. The lowest BCUT2D eigenvalue weighted by Gasteiger charge is -2.32. The number of hydrogen-bond donors (Lipinski definition) is 3. The first-order valence-corrected chi connectivity index (χ1v) is 14.8. The Balaban J connectivity index is 1.44. The molecule has 0 radical (unpaired) electrons. The molecular formula is C32H36F2N4O4S. The molecule has 0 spiro atoms. The van der Waals surface area contributed by atoms with Gasteiger partial charge in [-0.1, -0.05) is 54.6 Å². The zero-order valence-corrected chi connectivity index (χ0v) is 25.1. The molecule has 43 heavy (non-hydrogen) atoms. The van der Waals surface area contributed by atoms with Crippen LogP contribution in [0.1, 0.15) is 21.8 Å². The first kappa shape index (κ1) is 32.0. The Bertz CT molecular complexity index is 1460.